The Kier molecular flexibility index (Phi) is 4.55. The maximum absolute atomic E-state index is 12.6. The first-order chi connectivity index (χ1) is 10.7. The quantitative estimate of drug-likeness (QED) is 0.864. The first-order valence-corrected chi connectivity index (χ1v) is 6.28. The highest BCUT2D eigenvalue weighted by atomic mass is 19.4. The second-order valence-electron chi connectivity index (χ2n) is 4.58. The molecular formula is C13H12F3N3O4. The van der Waals surface area contributed by atoms with Crippen molar-refractivity contribution < 1.29 is 32.9 Å². The van der Waals surface area contributed by atoms with Crippen LogP contribution >= 0.6 is 0 Å². The van der Waals surface area contributed by atoms with Crippen molar-refractivity contribution >= 4 is 5.97 Å². The maximum atomic E-state index is 12.6. The highest BCUT2D eigenvalue weighted by molar-refractivity contribution is 5.87. The Hall–Kier alpha value is -2.62. The van der Waals surface area contributed by atoms with Gasteiger partial charge in [-0.15, -0.1) is 5.10 Å². The number of halogens is 3. The van der Waals surface area contributed by atoms with E-state index in [2.05, 4.69) is 10.3 Å². The predicted molar refractivity (Wildman–Crippen MR) is 70.1 cm³/mol. The van der Waals surface area contributed by atoms with Crippen molar-refractivity contribution in [1.29, 1.82) is 0 Å². The third-order valence-corrected chi connectivity index (χ3v) is 3.02. The van der Waals surface area contributed by atoms with Gasteiger partial charge in [-0.2, -0.15) is 13.2 Å². The van der Waals surface area contributed by atoms with Gasteiger partial charge in [0.2, 0.25) is 0 Å². The molecule has 1 aromatic heterocycles. The highest BCUT2D eigenvalue weighted by Gasteiger charge is 2.44. The molecule has 1 aromatic carbocycles. The summed E-state index contributed by atoms with van der Waals surface area (Å²) >= 11 is 0. The molecule has 0 spiro atoms. The molecule has 124 valence electrons. The number of aliphatic hydroxyl groups is 1. The van der Waals surface area contributed by atoms with E-state index in [1.165, 1.54) is 7.11 Å². The molecule has 0 saturated carbocycles. The average molecular weight is 331 g/mol. The molecule has 2 N–H and O–H groups in total. The van der Waals surface area contributed by atoms with Crippen LogP contribution in [0.5, 0.6) is 5.75 Å². The summed E-state index contributed by atoms with van der Waals surface area (Å²) in [5, 5.41) is 24.9. The van der Waals surface area contributed by atoms with Gasteiger partial charge in [-0.1, -0.05) is 17.3 Å². The van der Waals surface area contributed by atoms with Crippen LogP contribution in [-0.2, 0) is 6.54 Å². The van der Waals surface area contributed by atoms with Crippen LogP contribution in [-0.4, -0.2) is 44.5 Å². The number of methoxy groups -OCH3 is 1. The van der Waals surface area contributed by atoms with Crippen molar-refractivity contribution in [3.63, 3.8) is 0 Å². The molecular weight excluding hydrogens is 319 g/mol. The normalized spacial score (nSPS) is 12.9. The van der Waals surface area contributed by atoms with Gasteiger partial charge in [0, 0.05) is 0 Å². The van der Waals surface area contributed by atoms with Gasteiger partial charge in [-0.3, -0.25) is 0 Å². The summed E-state index contributed by atoms with van der Waals surface area (Å²) in [5.74, 6) is -1.10. The predicted octanol–water partition coefficient (Wildman–Crippen LogP) is 1.63. The van der Waals surface area contributed by atoms with E-state index >= 15 is 0 Å². The van der Waals surface area contributed by atoms with Crippen LogP contribution in [0.4, 0.5) is 13.2 Å². The van der Waals surface area contributed by atoms with Gasteiger partial charge < -0.3 is 14.9 Å². The van der Waals surface area contributed by atoms with Gasteiger partial charge in [0.05, 0.1) is 13.7 Å². The largest absolute Gasteiger partial charge is 0.497 e. The molecule has 0 bridgehead atoms. The van der Waals surface area contributed by atoms with Crippen molar-refractivity contribution in [3.05, 3.63) is 41.2 Å². The van der Waals surface area contributed by atoms with Crippen molar-refractivity contribution in [2.75, 3.05) is 7.11 Å². The van der Waals surface area contributed by atoms with Crippen molar-refractivity contribution in [2.24, 2.45) is 0 Å². The number of aromatic nitrogens is 3. The number of rotatable bonds is 5. The molecule has 0 aliphatic carbocycles. The standard InChI is InChI=1S/C13H12F3N3O4/c1-23-8-4-2-7(3-5-8)6-19-10(12(21)22)9(17-18-19)11(20)13(14,15)16/h2-5,11,20H,6H2,1H3,(H,21,22). The number of nitrogens with zero attached hydrogens (tertiary/aromatic N) is 3. The Labute approximate surface area is 127 Å². The lowest BCUT2D eigenvalue weighted by Crippen LogP contribution is -2.23. The van der Waals surface area contributed by atoms with E-state index in [9.17, 15) is 23.1 Å². The molecule has 7 nitrogen and oxygen atoms in total. The molecule has 0 radical (unpaired) electrons. The zero-order chi connectivity index (χ0) is 17.2. The molecule has 1 unspecified atom stereocenters. The molecule has 2 rings (SSSR count). The topological polar surface area (TPSA) is 97.5 Å². The summed E-state index contributed by atoms with van der Waals surface area (Å²) in [5.41, 5.74) is -1.28. The number of alkyl halides is 3. The smallest absolute Gasteiger partial charge is 0.420 e. The van der Waals surface area contributed by atoms with Crippen LogP contribution in [0.3, 0.4) is 0 Å². The number of aliphatic hydroxyl groups excluding tert-OH is 1. The fourth-order valence-electron chi connectivity index (χ4n) is 1.90. The average Bonchev–Trinajstić information content (AvgIpc) is 2.90. The number of hydrogen-bond donors (Lipinski definition) is 2. The van der Waals surface area contributed by atoms with Crippen LogP contribution in [0.15, 0.2) is 24.3 Å². The zero-order valence-corrected chi connectivity index (χ0v) is 11.8. The van der Waals surface area contributed by atoms with Crippen LogP contribution in [0, 0.1) is 0 Å². The lowest BCUT2D eigenvalue weighted by Gasteiger charge is -2.12. The van der Waals surface area contributed by atoms with Crippen molar-refractivity contribution in [1.82, 2.24) is 15.0 Å². The number of aromatic carboxylic acids is 1. The van der Waals surface area contributed by atoms with Crippen LogP contribution < -0.4 is 4.74 Å². The second-order valence-corrected chi connectivity index (χ2v) is 4.58. The van der Waals surface area contributed by atoms with Gasteiger partial charge in [-0.25, -0.2) is 9.48 Å². The van der Waals surface area contributed by atoms with Crippen LogP contribution in [0.2, 0.25) is 0 Å². The first-order valence-electron chi connectivity index (χ1n) is 6.28. The molecule has 10 heteroatoms. The summed E-state index contributed by atoms with van der Waals surface area (Å²) in [4.78, 5) is 11.2. The van der Waals surface area contributed by atoms with Crippen LogP contribution in [0.25, 0.3) is 0 Å². The molecule has 0 amide bonds. The third kappa shape index (κ3) is 3.59. The van der Waals surface area contributed by atoms with E-state index in [0.29, 0.717) is 11.3 Å². The SMILES string of the molecule is COc1ccc(Cn2nnc(C(O)C(F)(F)F)c2C(=O)O)cc1. The lowest BCUT2D eigenvalue weighted by molar-refractivity contribution is -0.208. The summed E-state index contributed by atoms with van der Waals surface area (Å²) in [6.07, 6.45) is -8.05. The summed E-state index contributed by atoms with van der Waals surface area (Å²) in [6, 6.07) is 6.42. The second kappa shape index (κ2) is 6.24. The molecule has 0 aliphatic heterocycles. The van der Waals surface area contributed by atoms with Gasteiger partial charge >= 0.3 is 12.1 Å². The Morgan fingerprint density at radius 3 is 2.43 bits per heavy atom. The number of carbonyl (C=O) groups is 1. The number of ether oxygens (including phenoxy) is 1. The monoisotopic (exact) mass is 331 g/mol. The summed E-state index contributed by atoms with van der Waals surface area (Å²) < 4.78 is 43.4. The number of carboxylic acid groups (broad SMARTS) is 1. The number of hydrogen-bond acceptors (Lipinski definition) is 5. The van der Waals surface area contributed by atoms with E-state index < -0.39 is 29.6 Å². The van der Waals surface area contributed by atoms with E-state index in [1.54, 1.807) is 24.3 Å². The molecule has 1 atom stereocenters. The highest BCUT2D eigenvalue weighted by Crippen LogP contribution is 2.33. The Balaban J connectivity index is 2.35. The minimum atomic E-state index is -5.04. The first kappa shape index (κ1) is 16.7. The minimum absolute atomic E-state index is 0.122. The van der Waals surface area contributed by atoms with Gasteiger partial charge in [0.15, 0.2) is 11.8 Å². The Bertz CT molecular complexity index is 697. The lowest BCUT2D eigenvalue weighted by atomic mass is 10.2. The molecule has 23 heavy (non-hydrogen) atoms. The van der Waals surface area contributed by atoms with Gasteiger partial charge in [0.25, 0.3) is 0 Å². The Morgan fingerprint density at radius 2 is 1.96 bits per heavy atom. The van der Waals surface area contributed by atoms with Gasteiger partial charge in [0.1, 0.15) is 11.4 Å². The molecule has 2 aromatic rings. The third-order valence-electron chi connectivity index (χ3n) is 3.02. The van der Waals surface area contributed by atoms with E-state index in [-0.39, 0.29) is 6.54 Å². The summed E-state index contributed by atoms with van der Waals surface area (Å²) in [6.45, 7) is -0.122. The maximum Gasteiger partial charge on any atom is 0.420 e. The van der Waals surface area contributed by atoms with Gasteiger partial charge in [-0.05, 0) is 17.7 Å². The summed E-state index contributed by atoms with van der Waals surface area (Å²) in [7, 11) is 1.47. The van der Waals surface area contributed by atoms with Crippen molar-refractivity contribution in [2.45, 2.75) is 18.8 Å². The zero-order valence-electron chi connectivity index (χ0n) is 11.8. The number of carboxylic acids is 1. The van der Waals surface area contributed by atoms with E-state index in [4.69, 9.17) is 9.84 Å². The minimum Gasteiger partial charge on any atom is -0.497 e. The van der Waals surface area contributed by atoms with E-state index in [0.717, 1.165) is 4.68 Å². The molecule has 1 heterocycles. The molecule has 0 saturated heterocycles. The van der Waals surface area contributed by atoms with Crippen LogP contribution in [0.1, 0.15) is 27.8 Å². The molecule has 0 fully saturated rings. The van der Waals surface area contributed by atoms with E-state index in [1.807, 2.05) is 0 Å². The molecule has 0 aliphatic rings. The van der Waals surface area contributed by atoms with Crippen molar-refractivity contribution in [3.8, 4) is 5.75 Å². The number of benzene rings is 1. The fourth-order valence-corrected chi connectivity index (χ4v) is 1.90. The fraction of sp³-hybridized carbons (Fsp3) is 0.308. The Morgan fingerprint density at radius 1 is 1.35 bits per heavy atom.